The largest absolute Gasteiger partial charge is 0.508 e. The minimum atomic E-state index is -3.26. The summed E-state index contributed by atoms with van der Waals surface area (Å²) in [5.41, 5.74) is 3.84. The van der Waals surface area contributed by atoms with Crippen molar-refractivity contribution >= 4 is 34.6 Å². The van der Waals surface area contributed by atoms with Gasteiger partial charge in [0.05, 0.1) is 22.1 Å². The molecule has 5 nitrogen and oxygen atoms in total. The van der Waals surface area contributed by atoms with E-state index in [0.29, 0.717) is 17.9 Å². The Balaban J connectivity index is 1.81. The van der Waals surface area contributed by atoms with Crippen LogP contribution in [-0.4, -0.2) is 42.8 Å². The first kappa shape index (κ1) is 22.4. The van der Waals surface area contributed by atoms with Crippen LogP contribution in [-0.2, 0) is 14.5 Å². The minimum Gasteiger partial charge on any atom is -0.508 e. The van der Waals surface area contributed by atoms with E-state index in [1.54, 1.807) is 12.1 Å². The maximum atomic E-state index is 12.6. The second-order valence-corrected chi connectivity index (χ2v) is 10.4. The zero-order valence-corrected chi connectivity index (χ0v) is 18.5. The van der Waals surface area contributed by atoms with Crippen LogP contribution in [0.15, 0.2) is 34.9 Å². The number of hydrogen-bond donors (Lipinski definition) is 2. The molecule has 0 bridgehead atoms. The second-order valence-electron chi connectivity index (χ2n) is 7.82. The summed E-state index contributed by atoms with van der Waals surface area (Å²) < 4.78 is 31.0. The molecule has 2 aliphatic heterocycles. The van der Waals surface area contributed by atoms with Crippen molar-refractivity contribution in [2.75, 3.05) is 5.75 Å². The molecule has 0 spiro atoms. The van der Waals surface area contributed by atoms with Gasteiger partial charge in [-0.1, -0.05) is 49.1 Å². The SMILES string of the molecule is CCCC1=C2[C@@H](CC/C(=C/c3ccc(O)cc3Cl)CC)OB(O)C[C@@H]2S(=O)(=O)C1. The van der Waals surface area contributed by atoms with Gasteiger partial charge in [0.15, 0.2) is 9.84 Å². The lowest BCUT2D eigenvalue weighted by Crippen LogP contribution is -2.41. The lowest BCUT2D eigenvalue weighted by atomic mass is 9.74. The molecule has 158 valence electrons. The average molecular weight is 439 g/mol. The monoisotopic (exact) mass is 438 g/mol. The highest BCUT2D eigenvalue weighted by Crippen LogP contribution is 2.41. The fourth-order valence-corrected chi connectivity index (χ4v) is 6.71. The molecule has 2 heterocycles. The van der Waals surface area contributed by atoms with Crippen LogP contribution >= 0.6 is 11.6 Å². The van der Waals surface area contributed by atoms with E-state index in [1.807, 2.05) is 13.0 Å². The number of aromatic hydroxyl groups is 1. The summed E-state index contributed by atoms with van der Waals surface area (Å²) in [6.07, 6.45) is 5.52. The maximum Gasteiger partial charge on any atom is 0.456 e. The van der Waals surface area contributed by atoms with Crippen molar-refractivity contribution in [3.05, 3.63) is 45.5 Å². The Labute approximate surface area is 178 Å². The molecule has 0 amide bonds. The Kier molecular flexibility index (Phi) is 7.15. The highest BCUT2D eigenvalue weighted by molar-refractivity contribution is 7.92. The zero-order chi connectivity index (χ0) is 21.2. The lowest BCUT2D eigenvalue weighted by Gasteiger charge is -2.32. The van der Waals surface area contributed by atoms with Crippen LogP contribution in [0.1, 0.15) is 51.5 Å². The molecular formula is C21H28BClO5S. The molecular weight excluding hydrogens is 411 g/mol. The smallest absolute Gasteiger partial charge is 0.456 e. The van der Waals surface area contributed by atoms with Crippen molar-refractivity contribution in [1.82, 2.24) is 0 Å². The summed E-state index contributed by atoms with van der Waals surface area (Å²) in [7, 11) is -4.31. The lowest BCUT2D eigenvalue weighted by molar-refractivity contribution is 0.169. The Morgan fingerprint density at radius 1 is 1.38 bits per heavy atom. The van der Waals surface area contributed by atoms with Gasteiger partial charge in [-0.25, -0.2) is 8.42 Å². The highest BCUT2D eigenvalue weighted by atomic mass is 35.5. The molecule has 2 atom stereocenters. The summed E-state index contributed by atoms with van der Waals surface area (Å²) in [6.45, 7) is 4.10. The third-order valence-electron chi connectivity index (χ3n) is 5.73. The van der Waals surface area contributed by atoms with Crippen molar-refractivity contribution < 1.29 is 23.2 Å². The number of benzene rings is 1. The first-order valence-electron chi connectivity index (χ1n) is 10.2. The van der Waals surface area contributed by atoms with Crippen molar-refractivity contribution in [2.24, 2.45) is 0 Å². The van der Waals surface area contributed by atoms with Crippen LogP contribution in [0.3, 0.4) is 0 Å². The molecule has 8 heteroatoms. The van der Waals surface area contributed by atoms with Crippen LogP contribution in [0, 0.1) is 0 Å². The van der Waals surface area contributed by atoms with Gasteiger partial charge in [0.1, 0.15) is 5.75 Å². The van der Waals surface area contributed by atoms with Crippen LogP contribution in [0.5, 0.6) is 5.75 Å². The second kappa shape index (κ2) is 9.25. The molecule has 2 aliphatic rings. The first-order valence-corrected chi connectivity index (χ1v) is 12.3. The van der Waals surface area contributed by atoms with E-state index in [9.17, 15) is 18.5 Å². The molecule has 1 fully saturated rings. The van der Waals surface area contributed by atoms with E-state index < -0.39 is 22.2 Å². The Bertz CT molecular complexity index is 925. The van der Waals surface area contributed by atoms with Crippen LogP contribution in [0.2, 0.25) is 11.3 Å². The van der Waals surface area contributed by atoms with E-state index >= 15 is 0 Å². The molecule has 1 aromatic rings. The molecule has 1 aromatic carbocycles. The fourth-order valence-electron chi connectivity index (χ4n) is 4.32. The van der Waals surface area contributed by atoms with Gasteiger partial charge in [0, 0.05) is 6.32 Å². The normalized spacial score (nSPS) is 24.1. The molecule has 3 rings (SSSR count). The quantitative estimate of drug-likeness (QED) is 0.487. The van der Waals surface area contributed by atoms with Gasteiger partial charge in [-0.05, 0) is 55.0 Å². The Morgan fingerprint density at radius 3 is 2.79 bits per heavy atom. The Hall–Kier alpha value is -1.28. The number of fused-ring (bicyclic) bond motifs is 1. The number of hydrogen-bond acceptors (Lipinski definition) is 5. The summed E-state index contributed by atoms with van der Waals surface area (Å²) in [4.78, 5) is 0. The molecule has 0 aromatic heterocycles. The number of sulfone groups is 1. The number of halogens is 1. The summed E-state index contributed by atoms with van der Waals surface area (Å²) in [5.74, 6) is 0.214. The molecule has 0 unspecified atom stereocenters. The third-order valence-corrected chi connectivity index (χ3v) is 8.12. The molecule has 29 heavy (non-hydrogen) atoms. The van der Waals surface area contributed by atoms with Crippen LogP contribution in [0.4, 0.5) is 0 Å². The van der Waals surface area contributed by atoms with Crippen molar-refractivity contribution in [1.29, 1.82) is 0 Å². The molecule has 2 N–H and O–H groups in total. The number of phenolic OH excluding ortho intramolecular Hbond substituents is 1. The Morgan fingerprint density at radius 2 is 2.14 bits per heavy atom. The van der Waals surface area contributed by atoms with Gasteiger partial charge in [-0.2, -0.15) is 0 Å². The van der Waals surface area contributed by atoms with Crippen LogP contribution < -0.4 is 0 Å². The predicted octanol–water partition coefficient (Wildman–Crippen LogP) is 4.39. The van der Waals surface area contributed by atoms with E-state index in [0.717, 1.165) is 41.5 Å². The maximum absolute atomic E-state index is 12.6. The molecule has 0 saturated carbocycles. The summed E-state index contributed by atoms with van der Waals surface area (Å²) >= 11 is 6.22. The number of allylic oxidation sites excluding steroid dienone is 1. The van der Waals surface area contributed by atoms with Crippen LogP contribution in [0.25, 0.3) is 6.08 Å². The summed E-state index contributed by atoms with van der Waals surface area (Å²) in [6, 6.07) is 4.88. The third kappa shape index (κ3) is 5.08. The highest BCUT2D eigenvalue weighted by Gasteiger charge is 2.48. The van der Waals surface area contributed by atoms with E-state index in [-0.39, 0.29) is 23.9 Å². The molecule has 1 saturated heterocycles. The predicted molar refractivity (Wildman–Crippen MR) is 118 cm³/mol. The van der Waals surface area contributed by atoms with Crippen molar-refractivity contribution in [3.63, 3.8) is 0 Å². The van der Waals surface area contributed by atoms with Gasteiger partial charge < -0.3 is 14.8 Å². The number of rotatable bonds is 7. The van der Waals surface area contributed by atoms with E-state index in [2.05, 4.69) is 6.92 Å². The fraction of sp³-hybridized carbons (Fsp3) is 0.524. The van der Waals surface area contributed by atoms with Gasteiger partial charge in [0.2, 0.25) is 0 Å². The summed E-state index contributed by atoms with van der Waals surface area (Å²) in [5, 5.41) is 19.5. The first-order chi connectivity index (χ1) is 13.7. The van der Waals surface area contributed by atoms with E-state index in [4.69, 9.17) is 16.3 Å². The zero-order valence-electron chi connectivity index (χ0n) is 16.9. The van der Waals surface area contributed by atoms with E-state index in [1.165, 1.54) is 6.07 Å². The van der Waals surface area contributed by atoms with Crippen molar-refractivity contribution in [3.8, 4) is 5.75 Å². The number of phenols is 1. The van der Waals surface area contributed by atoms with Gasteiger partial charge in [0.25, 0.3) is 0 Å². The topological polar surface area (TPSA) is 83.8 Å². The average Bonchev–Trinajstić information content (AvgIpc) is 2.90. The molecule has 0 aliphatic carbocycles. The van der Waals surface area contributed by atoms with Crippen molar-refractivity contribution in [2.45, 2.75) is 63.6 Å². The van der Waals surface area contributed by atoms with Gasteiger partial charge >= 0.3 is 7.12 Å². The van der Waals surface area contributed by atoms with Gasteiger partial charge in [-0.15, -0.1) is 0 Å². The molecule has 0 radical (unpaired) electrons. The minimum absolute atomic E-state index is 0.0903. The standard InChI is InChI=1S/C21H28BClO5S/c1-3-5-16-13-29(26,27)20-12-22(25)28-19(21(16)20)9-6-14(4-2)10-15-7-8-17(24)11-18(15)23/h7-8,10-11,19-20,24-25H,3-6,9,12-13H2,1-2H3/b14-10+/t19-,20+/m1/s1. The van der Waals surface area contributed by atoms with Gasteiger partial charge in [-0.3, -0.25) is 0 Å².